The first-order valence-corrected chi connectivity index (χ1v) is 3.40. The van der Waals surface area contributed by atoms with E-state index in [0.717, 1.165) is 0 Å². The molecule has 1 unspecified atom stereocenters. The molecule has 4 atom stereocenters. The van der Waals surface area contributed by atoms with Gasteiger partial charge in [0.2, 0.25) is 0 Å². The van der Waals surface area contributed by atoms with Gasteiger partial charge in [0, 0.05) is 0 Å². The highest BCUT2D eigenvalue weighted by Crippen LogP contribution is 2.01. The molecule has 0 fully saturated rings. The fourth-order valence-corrected chi connectivity index (χ4v) is 0.644. The van der Waals surface area contributed by atoms with Crippen LogP contribution in [0.4, 0.5) is 0 Å². The first-order chi connectivity index (χ1) is 5.54. The second-order valence-electron chi connectivity index (χ2n) is 2.44. The van der Waals surface area contributed by atoms with Crippen LogP contribution in [0.15, 0.2) is 0 Å². The summed E-state index contributed by atoms with van der Waals surface area (Å²) in [5, 5.41) is 35.2. The van der Waals surface area contributed by atoms with Crippen molar-refractivity contribution < 1.29 is 25.2 Å². The fraction of sp³-hybridized carbons (Fsp3) is 0.833. The number of aldehydes is 1. The molecular weight excluding hydrogens is 166 g/mol. The van der Waals surface area contributed by atoms with E-state index in [-0.39, 0.29) is 6.29 Å². The van der Waals surface area contributed by atoms with E-state index in [4.69, 9.17) is 26.2 Å². The zero-order valence-corrected chi connectivity index (χ0v) is 6.37. The summed E-state index contributed by atoms with van der Waals surface area (Å²) in [6.07, 6.45) is -4.43. The third-order valence-corrected chi connectivity index (χ3v) is 1.48. The molecular formula is C6H13NO5. The number of aliphatic hydroxyl groups is 4. The van der Waals surface area contributed by atoms with Crippen molar-refractivity contribution in [2.24, 2.45) is 5.73 Å². The molecule has 0 radical (unpaired) electrons. The minimum atomic E-state index is -1.62. The summed E-state index contributed by atoms with van der Waals surface area (Å²) in [6.45, 7) is -0.705. The van der Waals surface area contributed by atoms with Crippen molar-refractivity contribution in [2.45, 2.75) is 24.4 Å². The van der Waals surface area contributed by atoms with Crippen LogP contribution in [0.5, 0.6) is 0 Å². The third kappa shape index (κ3) is 2.84. The van der Waals surface area contributed by atoms with Crippen molar-refractivity contribution in [1.82, 2.24) is 0 Å². The predicted molar refractivity (Wildman–Crippen MR) is 39.1 cm³/mol. The summed E-state index contributed by atoms with van der Waals surface area (Å²) in [7, 11) is 0. The lowest BCUT2D eigenvalue weighted by atomic mass is 10.0. The molecule has 0 aromatic heterocycles. The van der Waals surface area contributed by atoms with Gasteiger partial charge in [-0.2, -0.15) is 0 Å². The van der Waals surface area contributed by atoms with Gasteiger partial charge in [0.15, 0.2) is 0 Å². The average molecular weight is 179 g/mol. The second-order valence-corrected chi connectivity index (χ2v) is 2.44. The van der Waals surface area contributed by atoms with Gasteiger partial charge in [-0.25, -0.2) is 0 Å². The van der Waals surface area contributed by atoms with E-state index in [1.165, 1.54) is 0 Å². The second kappa shape index (κ2) is 5.18. The molecule has 0 rings (SSSR count). The van der Waals surface area contributed by atoms with Crippen LogP contribution in [-0.4, -0.2) is 57.7 Å². The topological polar surface area (TPSA) is 124 Å². The molecule has 0 aliphatic carbocycles. The molecule has 6 heteroatoms. The Labute approximate surface area is 69.2 Å². The Balaban J connectivity index is 4.07. The van der Waals surface area contributed by atoms with Crippen molar-refractivity contribution in [1.29, 1.82) is 0 Å². The normalized spacial score (nSPS) is 21.1. The van der Waals surface area contributed by atoms with Crippen LogP contribution < -0.4 is 5.73 Å². The van der Waals surface area contributed by atoms with Crippen LogP contribution in [0.2, 0.25) is 0 Å². The molecule has 0 aromatic rings. The highest BCUT2D eigenvalue weighted by atomic mass is 16.4. The zero-order chi connectivity index (χ0) is 9.72. The lowest BCUT2D eigenvalue weighted by molar-refractivity contribution is -0.118. The van der Waals surface area contributed by atoms with Gasteiger partial charge in [0.05, 0.1) is 12.6 Å². The molecule has 0 bridgehead atoms. The van der Waals surface area contributed by atoms with Gasteiger partial charge < -0.3 is 31.0 Å². The van der Waals surface area contributed by atoms with Crippen LogP contribution in [0.3, 0.4) is 0 Å². The summed E-state index contributed by atoms with van der Waals surface area (Å²) in [6, 6.07) is -1.26. The first kappa shape index (κ1) is 11.5. The first-order valence-electron chi connectivity index (χ1n) is 3.40. The van der Waals surface area contributed by atoms with Gasteiger partial charge in [-0.05, 0) is 0 Å². The van der Waals surface area contributed by atoms with E-state index in [0.29, 0.717) is 0 Å². The third-order valence-electron chi connectivity index (χ3n) is 1.48. The van der Waals surface area contributed by atoms with Gasteiger partial charge in [0.1, 0.15) is 24.6 Å². The molecule has 6 N–H and O–H groups in total. The number of aliphatic hydroxyl groups excluding tert-OH is 4. The summed E-state index contributed by atoms with van der Waals surface area (Å²) >= 11 is 0. The van der Waals surface area contributed by atoms with Crippen LogP contribution in [0, 0.1) is 0 Å². The van der Waals surface area contributed by atoms with Crippen LogP contribution in [0.25, 0.3) is 0 Å². The Morgan fingerprint density at radius 3 is 2.08 bits per heavy atom. The Morgan fingerprint density at radius 1 is 1.25 bits per heavy atom. The number of carbonyl (C=O) groups excluding carboxylic acids is 1. The maximum atomic E-state index is 10.0. The number of nitrogens with two attached hydrogens (primary N) is 1. The van der Waals surface area contributed by atoms with E-state index in [1.54, 1.807) is 0 Å². The highest BCUT2D eigenvalue weighted by Gasteiger charge is 2.28. The standard InChI is InChI=1S/C6H13NO5/c7-3(1-8)5(11)6(12)4(10)2-9/h1,3-6,9-12H,2,7H2/t3-,4-,5?,6-/m1/s1. The van der Waals surface area contributed by atoms with Crippen molar-refractivity contribution in [2.75, 3.05) is 6.61 Å². The molecule has 0 saturated carbocycles. The van der Waals surface area contributed by atoms with E-state index in [1.807, 2.05) is 0 Å². The molecule has 0 aliphatic heterocycles. The summed E-state index contributed by atoms with van der Waals surface area (Å²) in [5.41, 5.74) is 5.04. The lowest BCUT2D eigenvalue weighted by Gasteiger charge is -2.23. The Bertz CT molecular complexity index is 142. The molecule has 12 heavy (non-hydrogen) atoms. The Kier molecular flexibility index (Phi) is 4.95. The van der Waals surface area contributed by atoms with Gasteiger partial charge in [-0.15, -0.1) is 0 Å². The van der Waals surface area contributed by atoms with Crippen molar-refractivity contribution in [3.63, 3.8) is 0 Å². The number of hydrogen-bond donors (Lipinski definition) is 5. The van der Waals surface area contributed by atoms with E-state index in [2.05, 4.69) is 0 Å². The van der Waals surface area contributed by atoms with E-state index in [9.17, 15) is 4.79 Å². The fourth-order valence-electron chi connectivity index (χ4n) is 0.644. The van der Waals surface area contributed by atoms with E-state index < -0.39 is 31.0 Å². The van der Waals surface area contributed by atoms with Crippen LogP contribution >= 0.6 is 0 Å². The predicted octanol–water partition coefficient (Wildman–Crippen LogP) is -3.41. The molecule has 0 amide bonds. The molecule has 0 aromatic carbocycles. The van der Waals surface area contributed by atoms with Crippen LogP contribution in [-0.2, 0) is 4.79 Å². The molecule has 0 aliphatic rings. The number of hydrogen-bond acceptors (Lipinski definition) is 6. The smallest absolute Gasteiger partial charge is 0.139 e. The molecule has 0 spiro atoms. The summed E-state index contributed by atoms with van der Waals surface area (Å²) in [4.78, 5) is 10.0. The maximum Gasteiger partial charge on any atom is 0.139 e. The van der Waals surface area contributed by atoms with Gasteiger partial charge in [0.25, 0.3) is 0 Å². The van der Waals surface area contributed by atoms with Gasteiger partial charge >= 0.3 is 0 Å². The van der Waals surface area contributed by atoms with Crippen LogP contribution in [0.1, 0.15) is 0 Å². The van der Waals surface area contributed by atoms with E-state index >= 15 is 0 Å². The zero-order valence-electron chi connectivity index (χ0n) is 6.37. The lowest BCUT2D eigenvalue weighted by Crippen LogP contribution is -2.49. The quantitative estimate of drug-likeness (QED) is 0.280. The monoisotopic (exact) mass is 179 g/mol. The average Bonchev–Trinajstić information content (AvgIpc) is 2.12. The van der Waals surface area contributed by atoms with Crippen molar-refractivity contribution >= 4 is 6.29 Å². The number of carbonyl (C=O) groups is 1. The number of rotatable bonds is 5. The maximum absolute atomic E-state index is 10.0. The summed E-state index contributed by atoms with van der Waals surface area (Å²) < 4.78 is 0. The SMILES string of the molecule is N[C@H](C=O)C(O)[C@H](O)[C@H](O)CO. The molecule has 6 nitrogen and oxygen atoms in total. The Morgan fingerprint density at radius 2 is 1.75 bits per heavy atom. The highest BCUT2D eigenvalue weighted by molar-refractivity contribution is 5.58. The molecule has 72 valence electrons. The minimum Gasteiger partial charge on any atom is -0.394 e. The Hall–Kier alpha value is -0.530. The van der Waals surface area contributed by atoms with Crippen molar-refractivity contribution in [3.05, 3.63) is 0 Å². The molecule has 0 heterocycles. The molecule has 0 saturated heterocycles. The largest absolute Gasteiger partial charge is 0.394 e. The minimum absolute atomic E-state index is 0.248. The van der Waals surface area contributed by atoms with Gasteiger partial charge in [-0.1, -0.05) is 0 Å². The van der Waals surface area contributed by atoms with Crippen molar-refractivity contribution in [3.8, 4) is 0 Å². The summed E-state index contributed by atoms with van der Waals surface area (Å²) in [5.74, 6) is 0. The van der Waals surface area contributed by atoms with Gasteiger partial charge in [-0.3, -0.25) is 0 Å².